The molecule has 0 saturated heterocycles. The van der Waals surface area contributed by atoms with Crippen molar-refractivity contribution in [2.24, 2.45) is 4.99 Å². The van der Waals surface area contributed by atoms with Crippen molar-refractivity contribution >= 4 is 15.8 Å². The van der Waals surface area contributed by atoms with Gasteiger partial charge in [-0.2, -0.15) is 8.42 Å². The van der Waals surface area contributed by atoms with E-state index >= 15 is 0 Å². The number of ether oxygens (including phenoxy) is 4. The van der Waals surface area contributed by atoms with Crippen molar-refractivity contribution in [3.63, 3.8) is 0 Å². The third-order valence-corrected chi connectivity index (χ3v) is 7.76. The molecule has 2 aromatic rings. The van der Waals surface area contributed by atoms with Crippen LogP contribution in [0.4, 0.5) is 0 Å². The van der Waals surface area contributed by atoms with Gasteiger partial charge in [0, 0.05) is 23.2 Å². The summed E-state index contributed by atoms with van der Waals surface area (Å²) in [5.41, 5.74) is 3.48. The van der Waals surface area contributed by atoms with Gasteiger partial charge in [0.1, 0.15) is 0 Å². The fourth-order valence-corrected chi connectivity index (χ4v) is 5.53. The van der Waals surface area contributed by atoms with Gasteiger partial charge in [0.15, 0.2) is 17.2 Å². The average Bonchev–Trinajstić information content (AvgIpc) is 2.87. The molecular formula is C25H32N2O7S. The highest BCUT2D eigenvalue weighted by Gasteiger charge is 2.39. The van der Waals surface area contributed by atoms with Crippen molar-refractivity contribution in [3.8, 4) is 23.1 Å². The lowest BCUT2D eigenvalue weighted by atomic mass is 9.74. The number of pyridine rings is 1. The fraction of sp³-hybridized carbons (Fsp3) is 0.520. The Morgan fingerprint density at radius 1 is 0.971 bits per heavy atom. The molecule has 35 heavy (non-hydrogen) atoms. The molecule has 1 aromatic carbocycles. The van der Waals surface area contributed by atoms with Crippen molar-refractivity contribution in [1.29, 1.82) is 0 Å². The number of aromatic nitrogens is 1. The molecule has 1 saturated carbocycles. The van der Waals surface area contributed by atoms with E-state index in [1.165, 1.54) is 0 Å². The van der Waals surface area contributed by atoms with E-state index in [2.05, 4.69) is 4.98 Å². The van der Waals surface area contributed by atoms with Crippen LogP contribution in [0, 0.1) is 0 Å². The van der Waals surface area contributed by atoms with E-state index in [-0.39, 0.29) is 23.8 Å². The smallest absolute Gasteiger partial charge is 0.267 e. The topological polar surface area (TPSA) is 106 Å². The Morgan fingerprint density at radius 2 is 1.74 bits per heavy atom. The average molecular weight is 505 g/mol. The minimum Gasteiger partial charge on any atom is -0.493 e. The van der Waals surface area contributed by atoms with Crippen molar-refractivity contribution in [2.75, 3.05) is 33.7 Å². The van der Waals surface area contributed by atoms with E-state index in [4.69, 9.17) is 28.1 Å². The van der Waals surface area contributed by atoms with Crippen LogP contribution in [0.15, 0.2) is 29.4 Å². The first-order valence-corrected chi connectivity index (χ1v) is 13.3. The van der Waals surface area contributed by atoms with Gasteiger partial charge in [-0.1, -0.05) is 0 Å². The molecule has 1 aliphatic heterocycles. The Hall–Kier alpha value is -2.85. The lowest BCUT2D eigenvalue weighted by molar-refractivity contribution is 0.140. The summed E-state index contributed by atoms with van der Waals surface area (Å²) in [5.74, 6) is 2.08. The lowest BCUT2D eigenvalue weighted by Gasteiger charge is -2.38. The summed E-state index contributed by atoms with van der Waals surface area (Å²) < 4.78 is 52.0. The molecule has 0 radical (unpaired) electrons. The second-order valence-corrected chi connectivity index (χ2v) is 10.4. The number of nitrogens with zero attached hydrogens (tertiary/aromatic N) is 2. The van der Waals surface area contributed by atoms with Crippen LogP contribution in [0.3, 0.4) is 0 Å². The number of fused-ring (bicyclic) bond motifs is 3. The summed E-state index contributed by atoms with van der Waals surface area (Å²) in [6.07, 6.45) is 3.21. The molecule has 0 unspecified atom stereocenters. The molecule has 2 aliphatic rings. The van der Waals surface area contributed by atoms with Crippen molar-refractivity contribution < 1.29 is 31.5 Å². The zero-order valence-corrected chi connectivity index (χ0v) is 21.6. The number of methoxy groups -OCH3 is 3. The quantitative estimate of drug-likeness (QED) is 0.476. The molecule has 190 valence electrons. The molecule has 1 aliphatic carbocycles. The van der Waals surface area contributed by atoms with Crippen LogP contribution in [0.25, 0.3) is 0 Å². The largest absolute Gasteiger partial charge is 0.493 e. The van der Waals surface area contributed by atoms with Crippen LogP contribution in [0.1, 0.15) is 55.7 Å². The van der Waals surface area contributed by atoms with Gasteiger partial charge in [0.2, 0.25) is 0 Å². The predicted molar refractivity (Wildman–Crippen MR) is 132 cm³/mol. The zero-order chi connectivity index (χ0) is 25.2. The minimum atomic E-state index is -3.54. The third-order valence-electron chi connectivity index (χ3n) is 6.49. The van der Waals surface area contributed by atoms with Crippen LogP contribution in [-0.2, 0) is 14.3 Å². The molecule has 9 nitrogen and oxygen atoms in total. The van der Waals surface area contributed by atoms with E-state index in [0.29, 0.717) is 49.0 Å². The van der Waals surface area contributed by atoms with E-state index in [1.807, 2.05) is 25.1 Å². The van der Waals surface area contributed by atoms with Crippen LogP contribution < -0.4 is 18.9 Å². The van der Waals surface area contributed by atoms with E-state index in [0.717, 1.165) is 22.4 Å². The van der Waals surface area contributed by atoms with E-state index in [9.17, 15) is 8.42 Å². The Kier molecular flexibility index (Phi) is 7.51. The minimum absolute atomic E-state index is 0.0160. The Labute approximate surface area is 206 Å². The predicted octanol–water partition coefficient (Wildman–Crippen LogP) is 3.73. The number of hydrogen-bond acceptors (Lipinski definition) is 9. The number of benzene rings is 1. The van der Waals surface area contributed by atoms with Gasteiger partial charge >= 0.3 is 0 Å². The molecule has 0 bridgehead atoms. The van der Waals surface area contributed by atoms with Gasteiger partial charge in [-0.15, -0.1) is 0 Å². The molecule has 0 amide bonds. The maximum absolute atomic E-state index is 12.1. The molecule has 3 atom stereocenters. The van der Waals surface area contributed by atoms with Gasteiger partial charge in [-0.05, 0) is 56.9 Å². The van der Waals surface area contributed by atoms with Crippen molar-refractivity contribution in [1.82, 2.24) is 4.98 Å². The second-order valence-electron chi connectivity index (χ2n) is 8.49. The molecule has 1 aromatic heterocycles. The van der Waals surface area contributed by atoms with Crippen molar-refractivity contribution in [2.45, 2.75) is 51.2 Å². The standard InChI is InChI=1S/C25H32N2O7S/c1-6-33-22-12-17-18-11-16(34-35(28,29)7-2)8-9-20(18)27-24(19(17)13-21(22)30-3)15-10-23(31-4)25(32-5)26-14-15/h10,12-14,16,18,20H,6-9,11H2,1-5H3/t16-,18-,20-/m1/s1. The normalized spacial score (nSPS) is 21.4. The Bertz CT molecular complexity index is 1210. The summed E-state index contributed by atoms with van der Waals surface area (Å²) in [6.45, 7) is 4.00. The van der Waals surface area contributed by atoms with E-state index < -0.39 is 10.1 Å². The Morgan fingerprint density at radius 3 is 2.40 bits per heavy atom. The molecule has 10 heteroatoms. The third kappa shape index (κ3) is 5.08. The Balaban J connectivity index is 1.82. The second kappa shape index (κ2) is 10.4. The number of rotatable bonds is 9. The highest BCUT2D eigenvalue weighted by atomic mass is 32.2. The van der Waals surface area contributed by atoms with Crippen LogP contribution in [0.5, 0.6) is 23.1 Å². The summed E-state index contributed by atoms with van der Waals surface area (Å²) >= 11 is 0. The first-order chi connectivity index (χ1) is 16.8. The highest BCUT2D eigenvalue weighted by molar-refractivity contribution is 7.86. The van der Waals surface area contributed by atoms with Gasteiger partial charge in [-0.3, -0.25) is 9.18 Å². The SMILES string of the molecule is CCOc1cc2c(cc1OC)C(c1cnc(OC)c(OC)c1)=N[C@@H]1CC[C@@H](OS(=O)(=O)CC)C[C@H]21. The molecule has 0 spiro atoms. The number of aliphatic imine (C=N–C) groups is 1. The maximum atomic E-state index is 12.1. The molecule has 1 fully saturated rings. The number of hydrogen-bond donors (Lipinski definition) is 0. The monoisotopic (exact) mass is 504 g/mol. The molecule has 2 heterocycles. The summed E-state index contributed by atoms with van der Waals surface area (Å²) in [4.78, 5) is 9.53. The lowest BCUT2D eigenvalue weighted by Crippen LogP contribution is -2.36. The van der Waals surface area contributed by atoms with Crippen LogP contribution in [0.2, 0.25) is 0 Å². The van der Waals surface area contributed by atoms with Gasteiger partial charge in [0.25, 0.3) is 16.0 Å². The molecule has 0 N–H and O–H groups in total. The van der Waals surface area contributed by atoms with Crippen LogP contribution in [-0.4, -0.2) is 64.9 Å². The summed E-state index contributed by atoms with van der Waals surface area (Å²) in [6, 6.07) is 5.76. The summed E-state index contributed by atoms with van der Waals surface area (Å²) in [7, 11) is 1.17. The zero-order valence-electron chi connectivity index (χ0n) is 20.7. The van der Waals surface area contributed by atoms with Gasteiger partial charge < -0.3 is 18.9 Å². The summed E-state index contributed by atoms with van der Waals surface area (Å²) in [5, 5.41) is 0. The van der Waals surface area contributed by atoms with E-state index in [1.54, 1.807) is 34.4 Å². The van der Waals surface area contributed by atoms with Gasteiger partial charge in [-0.25, -0.2) is 4.98 Å². The molecule has 4 rings (SSSR count). The highest BCUT2D eigenvalue weighted by Crippen LogP contribution is 2.46. The van der Waals surface area contributed by atoms with Gasteiger partial charge in [0.05, 0.1) is 51.5 Å². The first kappa shape index (κ1) is 25.2. The van der Waals surface area contributed by atoms with Crippen LogP contribution >= 0.6 is 0 Å². The fourth-order valence-electron chi connectivity index (χ4n) is 4.81. The molecular weight excluding hydrogens is 472 g/mol. The van der Waals surface area contributed by atoms with Crippen molar-refractivity contribution in [3.05, 3.63) is 41.1 Å². The first-order valence-electron chi connectivity index (χ1n) is 11.8. The maximum Gasteiger partial charge on any atom is 0.267 e.